The van der Waals surface area contributed by atoms with Crippen LogP contribution >= 0.6 is 72.4 Å². The van der Waals surface area contributed by atoms with Gasteiger partial charge in [-0.1, -0.05) is 114 Å². The van der Waals surface area contributed by atoms with Gasteiger partial charge >= 0.3 is 47.9 Å². The molecular weight excluding hydrogens is 2070 g/mol. The number of isothiocyanates is 2. The number of nitrogens with one attached hydrogen (secondary N) is 7. The summed E-state index contributed by atoms with van der Waals surface area (Å²) in [5.41, 5.74) is 6.10. The van der Waals surface area contributed by atoms with Crippen LogP contribution in [0.15, 0.2) is 107 Å². The summed E-state index contributed by atoms with van der Waals surface area (Å²) in [6, 6.07) is 26.3. The molecule has 0 bridgehead atoms. The van der Waals surface area contributed by atoms with Gasteiger partial charge in [0.2, 0.25) is 17.7 Å². The number of aryl methyl sites for hydroxylation is 1. The maximum Gasteiger partial charge on any atom is 0.319 e. The molecule has 0 spiro atoms. The van der Waals surface area contributed by atoms with Crippen LogP contribution in [-0.4, -0.2) is 379 Å². The monoisotopic (exact) mass is 2210 g/mol. The zero-order valence-electron chi connectivity index (χ0n) is 81.3. The Balaban J connectivity index is 0.000000584. The number of rotatable bonds is 57. The van der Waals surface area contributed by atoms with E-state index in [-0.39, 0.29) is 230 Å². The number of aliphatic imine (C=N–C) groups is 2. The number of aliphatic carboxylic acids is 6. The van der Waals surface area contributed by atoms with Crippen LogP contribution in [0.5, 0.6) is 0 Å². The summed E-state index contributed by atoms with van der Waals surface area (Å²) in [7, 11) is 0. The zero-order valence-corrected chi connectivity index (χ0v) is 88.4. The number of Topliss-reactive ketones (excluding diaryl/α,β-unsaturated/α-hetero) is 3. The first kappa shape index (κ1) is 124. The summed E-state index contributed by atoms with van der Waals surface area (Å²) in [6.07, 6.45) is 10.4. The molecule has 0 unspecified atom stereocenters. The number of amides is 7. The standard InChI is InChI=1S/C49H70N8O10S3.C48H69N9O10S3.Gd/c1-4-35(2)42(48(66)50-18-5-6-41(69)28-37-9-12-38(13-10-37)51-34-68)29-44(59)43(17-27-70-3)53-49(67)52-39-14-7-36(8-15-39)11-16-40(58)30-54-19-21-55(31-45(60)61)23-25-57(33-47(64)65)26-24-56(22-20-54)32-46(62)63;1-4-34(2)40(47(66)49-16-5-6-39(69)26-35-7-11-37(12-8-35)51-33-68)27-42(58)41(15-25-70-3)53-48(67)52-38-13-9-36(10-14-38)28-50-43(59)29-54-17-19-55(30-44(60)61)21-23-57(32-46(64)65)24-22-56(20-18-54)31-45(62)63;/h7-10,12-15,35,42-43H,4-6,11,16-33H2,1-3H3,(H,50,66)(H,60,61)(H,62,63)(H,64,65)(H2,52,53,67);7-14,34,40-41H,4-6,15-32H2,1-3H3,(H,49,66)(H,50,59)(H,60,61)(H,62,63)(H,64,65)(H2,52,53,67);/t35-,42-,43-;34-,40-,41-;/m00./s1. The minimum atomic E-state index is -1.04. The first-order valence-corrected chi connectivity index (χ1v) is 51.5. The zero-order chi connectivity index (χ0) is 103. The second-order valence-corrected chi connectivity index (χ2v) is 38.4. The SMILES string of the molecule is CC[C@H](C)[C@H](CC(=O)[C@H](CCSC)NC(=O)Nc1ccc(CCC(=O)CN2CCN(CC(=O)O)CCN(CC(=O)O)CCN(CC(=O)O)CC2)cc1)C(=O)NCCCC(=S)Cc1ccc(N=C=S)cc1.CC[C@H](C)[C@H](CC(=O)[C@H](CCSC)NC(=O)Nc1ccc(CNC(=O)CN2CCN(CC(=O)O)CCN(CC(=O)O)CCN(CC(=O)O)CC2)cc1)C(=O)NCCCC(=S)Cc1ccc(N=C=S)cc1.[Gd]. The van der Waals surface area contributed by atoms with Gasteiger partial charge in [-0.05, 0) is 186 Å². The molecule has 0 saturated carbocycles. The number of ketones is 3. The molecule has 2 heterocycles. The maximum absolute atomic E-state index is 13.8. The number of carboxylic acids is 6. The number of hydrogen-bond acceptors (Lipinski definition) is 30. The van der Waals surface area contributed by atoms with Crippen LogP contribution in [0.1, 0.15) is 121 Å². The fourth-order valence-electron chi connectivity index (χ4n) is 15.6. The second-order valence-electron chi connectivity index (χ2n) is 34.9. The van der Waals surface area contributed by atoms with Crippen molar-refractivity contribution < 1.29 is 138 Å². The van der Waals surface area contributed by atoms with Crippen molar-refractivity contribution in [1.29, 1.82) is 0 Å². The van der Waals surface area contributed by atoms with Gasteiger partial charge in [-0.3, -0.25) is 96.7 Å². The Morgan fingerprint density at radius 3 is 0.979 bits per heavy atom. The van der Waals surface area contributed by atoms with Crippen molar-refractivity contribution in [3.05, 3.63) is 119 Å². The Labute approximate surface area is 888 Å². The van der Waals surface area contributed by atoms with Crippen LogP contribution in [-0.2, 0) is 83.3 Å². The molecule has 2 fully saturated rings. The maximum atomic E-state index is 13.8. The average molecular weight is 2210 g/mol. The van der Waals surface area contributed by atoms with E-state index in [1.54, 1.807) is 101 Å². The van der Waals surface area contributed by atoms with Crippen molar-refractivity contribution in [2.75, 3.05) is 205 Å². The van der Waals surface area contributed by atoms with Gasteiger partial charge in [0.05, 0.1) is 86.1 Å². The quantitative estimate of drug-likeness (QED) is 0.0112. The van der Waals surface area contributed by atoms with E-state index in [1.807, 2.05) is 98.5 Å². The van der Waals surface area contributed by atoms with Crippen molar-refractivity contribution in [3.63, 3.8) is 0 Å². The van der Waals surface area contributed by atoms with Gasteiger partial charge in [-0.25, -0.2) is 9.59 Å². The summed E-state index contributed by atoms with van der Waals surface area (Å²) in [5.74, 6) is -7.48. The topological polar surface area (TPSA) is 495 Å². The number of nitrogens with zero attached hydrogens (tertiary/aromatic N) is 10. The van der Waals surface area contributed by atoms with Crippen molar-refractivity contribution in [2.24, 2.45) is 33.7 Å². The first-order chi connectivity index (χ1) is 66.9. The Bertz CT molecular complexity index is 4420. The van der Waals surface area contributed by atoms with E-state index >= 15 is 0 Å². The molecule has 6 rings (SSSR count). The number of benzene rings is 4. The van der Waals surface area contributed by atoms with Crippen molar-refractivity contribution in [2.45, 2.75) is 136 Å². The van der Waals surface area contributed by atoms with Gasteiger partial charge in [0.25, 0.3) is 0 Å². The average Bonchev–Trinajstić information content (AvgIpc) is 0.861. The minimum absolute atomic E-state index is 0. The number of thioether (sulfide) groups is 2. The summed E-state index contributed by atoms with van der Waals surface area (Å²) in [4.78, 5) is 201. The van der Waals surface area contributed by atoms with E-state index in [0.29, 0.717) is 146 Å². The number of urea groups is 2. The van der Waals surface area contributed by atoms with Gasteiger partial charge in [-0.15, -0.1) is 0 Å². The van der Waals surface area contributed by atoms with Crippen LogP contribution in [0.2, 0.25) is 0 Å². The number of hydrogen-bond donors (Lipinski definition) is 13. The van der Waals surface area contributed by atoms with Crippen LogP contribution < -0.4 is 37.2 Å². The van der Waals surface area contributed by atoms with Crippen molar-refractivity contribution >= 4 is 198 Å². The summed E-state index contributed by atoms with van der Waals surface area (Å²) >= 11 is 23.6. The number of anilines is 2. The van der Waals surface area contributed by atoms with Gasteiger partial charge in [-0.2, -0.15) is 33.5 Å². The van der Waals surface area contributed by atoms with Crippen LogP contribution in [0.4, 0.5) is 32.3 Å². The van der Waals surface area contributed by atoms with E-state index in [4.69, 9.17) is 24.4 Å². The molecule has 2 aliphatic rings. The number of thiocarbonyl (C=S) groups is 4. The van der Waals surface area contributed by atoms with Gasteiger partial charge in [0, 0.05) is 220 Å². The Hall–Kier alpha value is -8.86. The molecule has 13 N–H and O–H groups in total. The Morgan fingerprint density at radius 1 is 0.397 bits per heavy atom. The van der Waals surface area contributed by atoms with E-state index < -0.39 is 71.8 Å². The molecule has 2 saturated heterocycles. The molecule has 6 atom stereocenters. The fraction of sp³-hybridized carbons (Fsp3) is 0.567. The molecule has 0 aromatic heterocycles. The molecule has 0 radical (unpaired) electrons. The molecule has 776 valence electrons. The third-order valence-corrected chi connectivity index (χ3v) is 26.2. The van der Waals surface area contributed by atoms with E-state index in [1.165, 1.54) is 0 Å². The molecule has 141 heavy (non-hydrogen) atoms. The van der Waals surface area contributed by atoms with Crippen LogP contribution in [0.25, 0.3) is 0 Å². The normalized spacial score (nSPS) is 15.6. The molecular formula is C97H139GdN17O20S6. The van der Waals surface area contributed by atoms with Crippen molar-refractivity contribution in [3.8, 4) is 0 Å². The molecule has 7 amide bonds. The van der Waals surface area contributed by atoms with Gasteiger partial charge in [0.15, 0.2) is 11.6 Å². The van der Waals surface area contributed by atoms with Gasteiger partial charge in [0.1, 0.15) is 5.78 Å². The third kappa shape index (κ3) is 54.1. The van der Waals surface area contributed by atoms with E-state index in [9.17, 15) is 97.8 Å². The predicted molar refractivity (Wildman–Crippen MR) is 558 cm³/mol. The predicted octanol–water partition coefficient (Wildman–Crippen LogP) is 8.66. The van der Waals surface area contributed by atoms with Crippen LogP contribution in [0, 0.1) is 63.6 Å². The van der Waals surface area contributed by atoms with Gasteiger partial charge < -0.3 is 67.9 Å². The second kappa shape index (κ2) is 70.8. The molecule has 4 aromatic carbocycles. The van der Waals surface area contributed by atoms with E-state index in [0.717, 1.165) is 43.4 Å². The largest absolute Gasteiger partial charge is 0.480 e. The number of carbonyl (C=O) groups excluding carboxylic acids is 8. The molecule has 2 aliphatic heterocycles. The number of carbonyl (C=O) groups is 14. The number of carboxylic acid groups (broad SMARTS) is 6. The molecule has 44 heteroatoms. The minimum Gasteiger partial charge on any atom is -0.480 e. The fourth-order valence-corrected chi connectivity index (χ4v) is 17.4. The van der Waals surface area contributed by atoms with E-state index in [2.05, 4.69) is 82.0 Å². The summed E-state index contributed by atoms with van der Waals surface area (Å²) in [6.45, 7) is 12.0. The summed E-state index contributed by atoms with van der Waals surface area (Å²) in [5, 5.41) is 81.7. The molecule has 4 aromatic rings. The summed E-state index contributed by atoms with van der Waals surface area (Å²) < 4.78 is 0. The van der Waals surface area contributed by atoms with Crippen LogP contribution in [0.3, 0.4) is 0 Å². The Morgan fingerprint density at radius 2 is 0.688 bits per heavy atom. The molecule has 37 nitrogen and oxygen atoms in total. The molecule has 0 aliphatic carbocycles. The smallest absolute Gasteiger partial charge is 0.319 e. The third-order valence-electron chi connectivity index (χ3n) is 24.1. The first-order valence-electron chi connectivity index (χ1n) is 47.1. The Kier molecular flexibility index (Phi) is 62.5. The van der Waals surface area contributed by atoms with Crippen molar-refractivity contribution in [1.82, 2.24) is 65.8 Å².